The number of ether oxygens (including phenoxy) is 1. The molecular weight excluding hydrogens is 290 g/mol. The second-order valence-corrected chi connectivity index (χ2v) is 6.19. The highest BCUT2D eigenvalue weighted by Crippen LogP contribution is 2.17. The topological polar surface area (TPSA) is 57.4 Å². The smallest absolute Gasteiger partial charge is 0.272 e. The second kappa shape index (κ2) is 6.98. The molecule has 1 amide bonds. The van der Waals surface area contributed by atoms with Crippen molar-refractivity contribution in [1.29, 1.82) is 0 Å². The summed E-state index contributed by atoms with van der Waals surface area (Å²) in [7, 11) is 0. The Morgan fingerprint density at radius 2 is 2.04 bits per heavy atom. The van der Waals surface area contributed by atoms with E-state index in [-0.39, 0.29) is 18.1 Å². The first-order valence-corrected chi connectivity index (χ1v) is 8.01. The number of carbonyl (C=O) groups is 1. The van der Waals surface area contributed by atoms with E-state index in [0.717, 1.165) is 25.3 Å². The summed E-state index contributed by atoms with van der Waals surface area (Å²) >= 11 is 0. The molecule has 5 heteroatoms. The van der Waals surface area contributed by atoms with Gasteiger partial charge in [-0.05, 0) is 43.7 Å². The first-order valence-electron chi connectivity index (χ1n) is 8.01. The van der Waals surface area contributed by atoms with E-state index < -0.39 is 0 Å². The van der Waals surface area contributed by atoms with E-state index in [1.165, 1.54) is 5.56 Å². The number of hydrogen-bond acceptors (Lipinski definition) is 3. The Bertz CT molecular complexity index is 644. The van der Waals surface area contributed by atoms with Crippen LogP contribution in [0.5, 0.6) is 0 Å². The maximum absolute atomic E-state index is 12.1. The molecule has 1 aliphatic heterocycles. The molecule has 2 aromatic rings. The number of morpholine rings is 1. The van der Waals surface area contributed by atoms with Gasteiger partial charge >= 0.3 is 0 Å². The summed E-state index contributed by atoms with van der Waals surface area (Å²) in [6.07, 6.45) is 2.26. The average molecular weight is 313 g/mol. The lowest BCUT2D eigenvalue weighted by Crippen LogP contribution is -2.44. The molecule has 0 unspecified atom stereocenters. The van der Waals surface area contributed by atoms with Gasteiger partial charge in [0.1, 0.15) is 5.69 Å². The third-order valence-corrected chi connectivity index (χ3v) is 3.93. The van der Waals surface area contributed by atoms with Gasteiger partial charge in [-0.2, -0.15) is 0 Å². The van der Waals surface area contributed by atoms with Crippen LogP contribution >= 0.6 is 0 Å². The summed E-state index contributed by atoms with van der Waals surface area (Å²) in [5.74, 6) is -0.124. The van der Waals surface area contributed by atoms with Crippen LogP contribution in [0, 0.1) is 0 Å². The zero-order chi connectivity index (χ0) is 16.2. The molecule has 122 valence electrons. The molecule has 2 N–H and O–H groups in total. The van der Waals surface area contributed by atoms with E-state index in [9.17, 15) is 4.79 Å². The van der Waals surface area contributed by atoms with Gasteiger partial charge in [0.15, 0.2) is 0 Å². The van der Waals surface area contributed by atoms with Crippen LogP contribution in [0.25, 0.3) is 0 Å². The van der Waals surface area contributed by atoms with Crippen LogP contribution in [0.3, 0.4) is 0 Å². The van der Waals surface area contributed by atoms with Crippen molar-refractivity contribution in [3.8, 4) is 0 Å². The number of aromatic nitrogens is 1. The molecule has 0 saturated carbocycles. The quantitative estimate of drug-likeness (QED) is 0.912. The van der Waals surface area contributed by atoms with Crippen molar-refractivity contribution >= 4 is 11.6 Å². The molecule has 1 aromatic heterocycles. The first-order chi connectivity index (χ1) is 11.1. The highest BCUT2D eigenvalue weighted by Gasteiger charge is 2.22. The van der Waals surface area contributed by atoms with Crippen LogP contribution < -0.4 is 5.32 Å². The van der Waals surface area contributed by atoms with Crippen LogP contribution in [-0.4, -0.2) is 41.1 Å². The number of hydrogen-bond donors (Lipinski definition) is 2. The van der Waals surface area contributed by atoms with Crippen molar-refractivity contribution in [2.24, 2.45) is 0 Å². The fraction of sp³-hybridized carbons (Fsp3) is 0.389. The van der Waals surface area contributed by atoms with Crippen LogP contribution in [0.2, 0.25) is 0 Å². The number of rotatable bonds is 4. The molecule has 5 nitrogen and oxygen atoms in total. The Hall–Kier alpha value is -2.11. The first kappa shape index (κ1) is 15.8. The monoisotopic (exact) mass is 313 g/mol. The van der Waals surface area contributed by atoms with Gasteiger partial charge < -0.3 is 15.0 Å². The molecular formula is C18H23N3O2. The van der Waals surface area contributed by atoms with E-state index in [2.05, 4.69) is 35.1 Å². The van der Waals surface area contributed by atoms with Crippen LogP contribution in [-0.2, 0) is 11.3 Å². The fourth-order valence-electron chi connectivity index (χ4n) is 3.09. The lowest BCUT2D eigenvalue weighted by Gasteiger charge is -2.35. The Balaban J connectivity index is 1.64. The van der Waals surface area contributed by atoms with Gasteiger partial charge in [0, 0.05) is 31.5 Å². The van der Waals surface area contributed by atoms with Gasteiger partial charge in [0.25, 0.3) is 5.91 Å². The number of carbonyl (C=O) groups excluding carboxylic acids is 1. The van der Waals surface area contributed by atoms with Crippen LogP contribution in [0.4, 0.5) is 5.69 Å². The summed E-state index contributed by atoms with van der Waals surface area (Å²) in [5.41, 5.74) is 2.57. The standard InChI is InChI=1S/C18H23N3O2/c1-13-10-21(11-14(2)23-13)12-15-5-3-6-16(9-15)20-18(22)17-7-4-8-19-17/h3-9,13-14,19H,10-12H2,1-2H3,(H,20,22)/t13-,14-/m1/s1. The molecule has 0 bridgehead atoms. The number of nitrogens with one attached hydrogen (secondary N) is 2. The van der Waals surface area contributed by atoms with E-state index in [1.54, 1.807) is 12.3 Å². The SMILES string of the molecule is C[C@@H]1CN(Cc2cccc(NC(=O)c3ccc[nH]3)c2)C[C@@H](C)O1. The van der Waals surface area contributed by atoms with Gasteiger partial charge in [-0.1, -0.05) is 12.1 Å². The van der Waals surface area contributed by atoms with Crippen molar-refractivity contribution in [2.45, 2.75) is 32.6 Å². The Labute approximate surface area is 136 Å². The van der Waals surface area contributed by atoms with Crippen molar-refractivity contribution in [1.82, 2.24) is 9.88 Å². The van der Waals surface area contributed by atoms with Crippen molar-refractivity contribution in [3.63, 3.8) is 0 Å². The summed E-state index contributed by atoms with van der Waals surface area (Å²) in [6, 6.07) is 11.6. The van der Waals surface area contributed by atoms with E-state index in [1.807, 2.05) is 24.3 Å². The number of benzene rings is 1. The molecule has 3 rings (SSSR count). The largest absolute Gasteiger partial charge is 0.373 e. The average Bonchev–Trinajstić information content (AvgIpc) is 3.00. The minimum Gasteiger partial charge on any atom is -0.373 e. The maximum Gasteiger partial charge on any atom is 0.272 e. The molecule has 1 aromatic carbocycles. The molecule has 0 aliphatic carbocycles. The van der Waals surface area contributed by atoms with Crippen LogP contribution in [0.15, 0.2) is 42.6 Å². The molecule has 1 saturated heterocycles. The summed E-state index contributed by atoms with van der Waals surface area (Å²) in [6.45, 7) is 6.95. The van der Waals surface area contributed by atoms with E-state index in [0.29, 0.717) is 5.69 Å². The minimum absolute atomic E-state index is 0.124. The van der Waals surface area contributed by atoms with Crippen molar-refractivity contribution < 1.29 is 9.53 Å². The molecule has 23 heavy (non-hydrogen) atoms. The van der Waals surface area contributed by atoms with Gasteiger partial charge in [0.05, 0.1) is 12.2 Å². The van der Waals surface area contributed by atoms with E-state index in [4.69, 9.17) is 4.74 Å². The highest BCUT2D eigenvalue weighted by atomic mass is 16.5. The fourth-order valence-corrected chi connectivity index (χ4v) is 3.09. The lowest BCUT2D eigenvalue weighted by molar-refractivity contribution is -0.0704. The number of amides is 1. The number of aromatic amines is 1. The van der Waals surface area contributed by atoms with Gasteiger partial charge in [-0.25, -0.2) is 0 Å². The summed E-state index contributed by atoms with van der Waals surface area (Å²) < 4.78 is 5.77. The van der Waals surface area contributed by atoms with Gasteiger partial charge in [-0.3, -0.25) is 9.69 Å². The van der Waals surface area contributed by atoms with Gasteiger partial charge in [-0.15, -0.1) is 0 Å². The maximum atomic E-state index is 12.1. The van der Waals surface area contributed by atoms with Crippen LogP contribution in [0.1, 0.15) is 29.9 Å². The number of anilines is 1. The van der Waals surface area contributed by atoms with Gasteiger partial charge in [0.2, 0.25) is 0 Å². The van der Waals surface area contributed by atoms with Crippen molar-refractivity contribution in [2.75, 3.05) is 18.4 Å². The van der Waals surface area contributed by atoms with E-state index >= 15 is 0 Å². The normalized spacial score (nSPS) is 22.0. The third-order valence-electron chi connectivity index (χ3n) is 3.93. The third kappa shape index (κ3) is 4.21. The molecule has 0 radical (unpaired) electrons. The number of H-pyrrole nitrogens is 1. The lowest BCUT2D eigenvalue weighted by atomic mass is 10.1. The second-order valence-electron chi connectivity index (χ2n) is 6.19. The zero-order valence-electron chi connectivity index (χ0n) is 13.6. The molecule has 1 aliphatic rings. The Morgan fingerprint density at radius 3 is 2.74 bits per heavy atom. The predicted octanol–water partition coefficient (Wildman–Crippen LogP) is 2.88. The predicted molar refractivity (Wildman–Crippen MR) is 90.5 cm³/mol. The molecule has 0 spiro atoms. The zero-order valence-corrected chi connectivity index (χ0v) is 13.6. The summed E-state index contributed by atoms with van der Waals surface area (Å²) in [5, 5.41) is 2.93. The Morgan fingerprint density at radius 1 is 1.26 bits per heavy atom. The highest BCUT2D eigenvalue weighted by molar-refractivity contribution is 6.02. The summed E-state index contributed by atoms with van der Waals surface area (Å²) in [4.78, 5) is 17.4. The minimum atomic E-state index is -0.124. The molecule has 1 fully saturated rings. The van der Waals surface area contributed by atoms with Crippen molar-refractivity contribution in [3.05, 3.63) is 53.9 Å². The number of nitrogens with zero attached hydrogens (tertiary/aromatic N) is 1. The molecule has 2 atom stereocenters. The Kier molecular flexibility index (Phi) is 4.79. The molecule has 2 heterocycles.